The standard InChI is InChI=1S/C20H20FN3O4S/c1-3-5-11-6-13(8-17-14(11)7-12(4-2)23-17)24-29(27,28)19-9-15(20(22)26)18(25)10-16(19)21/h3,6-10,23-25H,1,4-5H2,2H3,(H2,22,26). The summed E-state index contributed by atoms with van der Waals surface area (Å²) >= 11 is 0. The fraction of sp³-hybridized carbons (Fsp3) is 0.150. The summed E-state index contributed by atoms with van der Waals surface area (Å²) in [4.78, 5) is 13.8. The molecule has 0 saturated carbocycles. The van der Waals surface area contributed by atoms with Crippen molar-refractivity contribution in [1.82, 2.24) is 4.98 Å². The zero-order valence-electron chi connectivity index (χ0n) is 15.6. The number of aryl methyl sites for hydroxylation is 1. The maximum absolute atomic E-state index is 14.2. The summed E-state index contributed by atoms with van der Waals surface area (Å²) in [5.74, 6) is -3.02. The third kappa shape index (κ3) is 3.95. The predicted molar refractivity (Wildman–Crippen MR) is 109 cm³/mol. The molecule has 1 heterocycles. The van der Waals surface area contributed by atoms with Gasteiger partial charge >= 0.3 is 0 Å². The van der Waals surface area contributed by atoms with E-state index in [1.807, 2.05) is 13.0 Å². The fourth-order valence-electron chi connectivity index (χ4n) is 3.10. The first-order chi connectivity index (χ1) is 13.7. The van der Waals surface area contributed by atoms with Crippen LogP contribution in [0.4, 0.5) is 10.1 Å². The van der Waals surface area contributed by atoms with E-state index in [1.165, 1.54) is 0 Å². The molecule has 0 unspecified atom stereocenters. The predicted octanol–water partition coefficient (Wildman–Crippen LogP) is 3.20. The van der Waals surface area contributed by atoms with Crippen LogP contribution in [-0.4, -0.2) is 24.4 Å². The van der Waals surface area contributed by atoms with Crippen molar-refractivity contribution >= 4 is 32.5 Å². The Bertz CT molecular complexity index is 1230. The molecule has 152 valence electrons. The summed E-state index contributed by atoms with van der Waals surface area (Å²) in [6, 6.07) is 6.49. The number of amides is 1. The number of hydrogen-bond donors (Lipinski definition) is 4. The Labute approximate surface area is 167 Å². The van der Waals surface area contributed by atoms with Crippen molar-refractivity contribution in [3.05, 3.63) is 65.6 Å². The van der Waals surface area contributed by atoms with E-state index in [1.54, 1.807) is 18.2 Å². The monoisotopic (exact) mass is 417 g/mol. The number of nitrogens with one attached hydrogen (secondary N) is 2. The van der Waals surface area contributed by atoms with Gasteiger partial charge in [0.1, 0.15) is 16.5 Å². The van der Waals surface area contributed by atoms with Crippen LogP contribution in [0.5, 0.6) is 5.75 Å². The molecule has 5 N–H and O–H groups in total. The van der Waals surface area contributed by atoms with Crippen LogP contribution in [0.1, 0.15) is 28.5 Å². The third-order valence-corrected chi connectivity index (χ3v) is 5.88. The number of benzene rings is 2. The number of anilines is 1. The maximum atomic E-state index is 14.2. The van der Waals surface area contributed by atoms with Crippen molar-refractivity contribution < 1.29 is 22.7 Å². The minimum absolute atomic E-state index is 0.215. The van der Waals surface area contributed by atoms with Gasteiger partial charge in [0.2, 0.25) is 0 Å². The second-order valence-electron chi connectivity index (χ2n) is 6.51. The molecule has 29 heavy (non-hydrogen) atoms. The number of phenols is 1. The van der Waals surface area contributed by atoms with Gasteiger partial charge in [-0.3, -0.25) is 9.52 Å². The first kappa shape index (κ1) is 20.4. The van der Waals surface area contributed by atoms with Crippen molar-refractivity contribution in [1.29, 1.82) is 0 Å². The molecule has 0 aliphatic carbocycles. The van der Waals surface area contributed by atoms with Gasteiger partial charge in [-0.1, -0.05) is 13.0 Å². The van der Waals surface area contributed by atoms with Gasteiger partial charge in [-0.15, -0.1) is 6.58 Å². The lowest BCUT2D eigenvalue weighted by molar-refractivity contribution is 0.0997. The number of H-pyrrole nitrogens is 1. The zero-order valence-corrected chi connectivity index (χ0v) is 16.4. The van der Waals surface area contributed by atoms with E-state index in [0.29, 0.717) is 18.6 Å². The second kappa shape index (κ2) is 7.59. The first-order valence-electron chi connectivity index (χ1n) is 8.76. The van der Waals surface area contributed by atoms with Crippen molar-refractivity contribution in [2.45, 2.75) is 24.7 Å². The Morgan fingerprint density at radius 2 is 2.03 bits per heavy atom. The number of aromatic nitrogens is 1. The lowest BCUT2D eigenvalue weighted by Gasteiger charge is -2.12. The SMILES string of the molecule is C=CCc1cc(NS(=O)(=O)c2cc(C(N)=O)c(O)cc2F)cc2[nH]c(CC)cc12. The van der Waals surface area contributed by atoms with Gasteiger partial charge in [-0.05, 0) is 42.7 Å². The van der Waals surface area contributed by atoms with Crippen LogP contribution < -0.4 is 10.5 Å². The number of primary amides is 1. The molecular formula is C20H20FN3O4S. The van der Waals surface area contributed by atoms with E-state index in [9.17, 15) is 22.7 Å². The highest BCUT2D eigenvalue weighted by Gasteiger charge is 2.24. The number of halogens is 1. The number of carbonyl (C=O) groups excluding carboxylic acids is 1. The number of aromatic amines is 1. The Kier molecular flexibility index (Phi) is 5.34. The van der Waals surface area contributed by atoms with Crippen LogP contribution in [0.25, 0.3) is 10.9 Å². The molecule has 3 aromatic rings. The smallest absolute Gasteiger partial charge is 0.264 e. The molecule has 0 aliphatic heterocycles. The number of allylic oxidation sites excluding steroid dienone is 1. The van der Waals surface area contributed by atoms with Crippen LogP contribution >= 0.6 is 0 Å². The summed E-state index contributed by atoms with van der Waals surface area (Å²) in [6.07, 6.45) is 2.98. The average molecular weight is 417 g/mol. The summed E-state index contributed by atoms with van der Waals surface area (Å²) in [5.41, 5.74) is 7.39. The Morgan fingerprint density at radius 1 is 1.31 bits per heavy atom. The third-order valence-electron chi connectivity index (χ3n) is 4.48. The topological polar surface area (TPSA) is 125 Å². The lowest BCUT2D eigenvalue weighted by atomic mass is 10.1. The summed E-state index contributed by atoms with van der Waals surface area (Å²) < 4.78 is 42.1. The molecule has 3 rings (SSSR count). The molecule has 0 fully saturated rings. The van der Waals surface area contributed by atoms with Gasteiger partial charge in [0.15, 0.2) is 0 Å². The van der Waals surface area contributed by atoms with E-state index in [2.05, 4.69) is 16.3 Å². The quantitative estimate of drug-likeness (QED) is 0.441. The Balaban J connectivity index is 2.09. The van der Waals surface area contributed by atoms with Gasteiger partial charge in [0.25, 0.3) is 15.9 Å². The molecule has 0 radical (unpaired) electrons. The highest BCUT2D eigenvalue weighted by Crippen LogP contribution is 2.29. The van der Waals surface area contributed by atoms with Crippen LogP contribution in [0.3, 0.4) is 0 Å². The van der Waals surface area contributed by atoms with E-state index < -0.39 is 38.0 Å². The zero-order chi connectivity index (χ0) is 21.3. The normalized spacial score (nSPS) is 11.5. The molecule has 0 atom stereocenters. The molecule has 0 spiro atoms. The van der Waals surface area contributed by atoms with Crippen molar-refractivity contribution in [2.75, 3.05) is 4.72 Å². The van der Waals surface area contributed by atoms with Crippen LogP contribution in [0, 0.1) is 5.82 Å². The lowest BCUT2D eigenvalue weighted by Crippen LogP contribution is -2.17. The molecule has 1 aromatic heterocycles. The maximum Gasteiger partial charge on any atom is 0.264 e. The number of carbonyl (C=O) groups is 1. The molecule has 2 aromatic carbocycles. The molecular weight excluding hydrogens is 397 g/mol. The van der Waals surface area contributed by atoms with Crippen LogP contribution in [-0.2, 0) is 22.9 Å². The van der Waals surface area contributed by atoms with E-state index in [0.717, 1.165) is 28.6 Å². The molecule has 7 nitrogen and oxygen atoms in total. The number of aromatic hydroxyl groups is 1. The molecule has 0 aliphatic rings. The van der Waals surface area contributed by atoms with Gasteiger partial charge in [0.05, 0.1) is 11.3 Å². The Morgan fingerprint density at radius 3 is 2.66 bits per heavy atom. The van der Waals surface area contributed by atoms with Gasteiger partial charge in [0, 0.05) is 22.7 Å². The van der Waals surface area contributed by atoms with E-state index in [4.69, 9.17) is 5.73 Å². The van der Waals surface area contributed by atoms with Crippen LogP contribution in [0.15, 0.2) is 47.9 Å². The molecule has 0 saturated heterocycles. The highest BCUT2D eigenvalue weighted by molar-refractivity contribution is 7.92. The second-order valence-corrected chi connectivity index (χ2v) is 8.16. The minimum atomic E-state index is -4.40. The molecule has 0 bridgehead atoms. The molecule has 1 amide bonds. The summed E-state index contributed by atoms with van der Waals surface area (Å²) in [7, 11) is -4.40. The summed E-state index contributed by atoms with van der Waals surface area (Å²) in [5, 5.41) is 10.6. The average Bonchev–Trinajstić information content (AvgIpc) is 3.04. The summed E-state index contributed by atoms with van der Waals surface area (Å²) in [6.45, 7) is 5.71. The van der Waals surface area contributed by atoms with Crippen LogP contribution in [0.2, 0.25) is 0 Å². The largest absolute Gasteiger partial charge is 0.507 e. The van der Waals surface area contributed by atoms with Crippen molar-refractivity contribution in [2.24, 2.45) is 5.73 Å². The Hall–Kier alpha value is -3.33. The van der Waals surface area contributed by atoms with E-state index >= 15 is 0 Å². The number of rotatable bonds is 7. The number of fused-ring (bicyclic) bond motifs is 1. The fourth-order valence-corrected chi connectivity index (χ4v) is 4.23. The van der Waals surface area contributed by atoms with Gasteiger partial charge in [-0.2, -0.15) is 0 Å². The highest BCUT2D eigenvalue weighted by atomic mass is 32.2. The van der Waals surface area contributed by atoms with Gasteiger partial charge < -0.3 is 15.8 Å². The van der Waals surface area contributed by atoms with Crippen molar-refractivity contribution in [3.63, 3.8) is 0 Å². The molecule has 9 heteroatoms. The first-order valence-corrected chi connectivity index (χ1v) is 10.2. The number of nitrogens with two attached hydrogens (primary N) is 1. The van der Waals surface area contributed by atoms with Crippen molar-refractivity contribution in [3.8, 4) is 5.75 Å². The number of sulfonamides is 1. The van der Waals surface area contributed by atoms with E-state index in [-0.39, 0.29) is 5.69 Å². The number of hydrogen-bond acceptors (Lipinski definition) is 4. The van der Waals surface area contributed by atoms with Gasteiger partial charge in [-0.25, -0.2) is 12.8 Å². The minimum Gasteiger partial charge on any atom is -0.507 e.